The molecule has 0 aliphatic heterocycles. The summed E-state index contributed by atoms with van der Waals surface area (Å²) in [6, 6.07) is 23.3. The number of nitriles is 1. The molecular formula is C30H31N5O2. The van der Waals surface area contributed by atoms with Crippen LogP contribution < -0.4 is 15.4 Å². The van der Waals surface area contributed by atoms with Gasteiger partial charge in [0.15, 0.2) is 0 Å². The van der Waals surface area contributed by atoms with E-state index in [9.17, 15) is 10.1 Å². The number of aryl methyl sites for hydroxylation is 2. The van der Waals surface area contributed by atoms with E-state index in [2.05, 4.69) is 26.6 Å². The van der Waals surface area contributed by atoms with Gasteiger partial charge in [-0.2, -0.15) is 5.26 Å². The van der Waals surface area contributed by atoms with Crippen LogP contribution in [0.1, 0.15) is 39.4 Å². The second-order valence-corrected chi connectivity index (χ2v) is 8.98. The summed E-state index contributed by atoms with van der Waals surface area (Å²) in [4.78, 5) is 18.7. The maximum Gasteiger partial charge on any atom is 0.249 e. The molecule has 1 aromatic heterocycles. The zero-order valence-corrected chi connectivity index (χ0v) is 21.4. The number of hydrogen-bond acceptors (Lipinski definition) is 5. The van der Waals surface area contributed by atoms with Crippen LogP contribution in [0.2, 0.25) is 0 Å². The first kappa shape index (κ1) is 25.5. The Bertz CT molecular complexity index is 1430. The van der Waals surface area contributed by atoms with Crippen molar-refractivity contribution in [2.45, 2.75) is 26.3 Å². The molecule has 3 aromatic carbocycles. The van der Waals surface area contributed by atoms with Crippen LogP contribution >= 0.6 is 0 Å². The van der Waals surface area contributed by atoms with Gasteiger partial charge >= 0.3 is 0 Å². The first-order chi connectivity index (χ1) is 17.9. The maximum absolute atomic E-state index is 11.9. The largest absolute Gasteiger partial charge is 0.496 e. The molecule has 1 heterocycles. The predicted molar refractivity (Wildman–Crippen MR) is 145 cm³/mol. The average molecular weight is 494 g/mol. The Kier molecular flexibility index (Phi) is 7.89. The van der Waals surface area contributed by atoms with Crippen molar-refractivity contribution in [2.24, 2.45) is 12.8 Å². The van der Waals surface area contributed by atoms with E-state index in [1.54, 1.807) is 19.2 Å². The van der Waals surface area contributed by atoms with Crippen LogP contribution in [0.3, 0.4) is 0 Å². The van der Waals surface area contributed by atoms with Crippen molar-refractivity contribution in [1.29, 1.82) is 5.26 Å². The molecule has 4 rings (SSSR count). The van der Waals surface area contributed by atoms with Gasteiger partial charge in [-0.05, 0) is 67.3 Å². The van der Waals surface area contributed by atoms with Crippen LogP contribution in [0.15, 0.2) is 72.9 Å². The third-order valence-electron chi connectivity index (χ3n) is 6.67. The number of aromatic nitrogens is 2. The lowest BCUT2D eigenvalue weighted by Crippen LogP contribution is -2.25. The van der Waals surface area contributed by atoms with Crippen molar-refractivity contribution < 1.29 is 9.53 Å². The van der Waals surface area contributed by atoms with Gasteiger partial charge in [0.2, 0.25) is 5.91 Å². The van der Waals surface area contributed by atoms with E-state index in [0.717, 1.165) is 59.8 Å². The number of carbonyl (C=O) groups excluding carboxylic acids is 1. The number of methoxy groups -OCH3 is 1. The van der Waals surface area contributed by atoms with Crippen LogP contribution in [0, 0.1) is 18.3 Å². The summed E-state index contributed by atoms with van der Waals surface area (Å²) < 4.78 is 7.79. The number of primary amides is 1. The molecule has 0 spiro atoms. The normalized spacial score (nSPS) is 10.6. The molecule has 1 amide bonds. The molecule has 0 unspecified atom stereocenters. The first-order valence-corrected chi connectivity index (χ1v) is 12.2. The van der Waals surface area contributed by atoms with E-state index in [1.165, 1.54) is 0 Å². The number of amides is 1. The van der Waals surface area contributed by atoms with Crippen molar-refractivity contribution in [3.8, 4) is 22.9 Å². The summed E-state index contributed by atoms with van der Waals surface area (Å²) in [5.41, 5.74) is 11.6. The van der Waals surface area contributed by atoms with Gasteiger partial charge < -0.3 is 19.9 Å². The Balaban J connectivity index is 1.52. The second-order valence-electron chi connectivity index (χ2n) is 8.98. The number of nitrogens with two attached hydrogens (primary N) is 1. The number of rotatable bonds is 10. The molecule has 0 atom stereocenters. The summed E-state index contributed by atoms with van der Waals surface area (Å²) in [6.07, 6.45) is 3.68. The highest BCUT2D eigenvalue weighted by Crippen LogP contribution is 2.33. The molecule has 7 nitrogen and oxygen atoms in total. The standard InChI is InChI=1S/C30H31N5O2/c1-21-33-19-25(34(21)2)20-35(24-13-10-23(18-31)11-14-24)16-6-7-22-12-15-27(29(17-22)37-3)26-8-4-5-9-28(26)30(32)36/h4-5,8-15,17,19H,6-7,16,20H2,1-3H3,(H2,32,36). The minimum absolute atomic E-state index is 0.465. The zero-order chi connectivity index (χ0) is 26.4. The number of nitrogens with zero attached hydrogens (tertiary/aromatic N) is 4. The molecule has 2 N–H and O–H groups in total. The van der Waals surface area contributed by atoms with Crippen molar-refractivity contribution in [3.63, 3.8) is 0 Å². The summed E-state index contributed by atoms with van der Waals surface area (Å²) in [7, 11) is 3.66. The summed E-state index contributed by atoms with van der Waals surface area (Å²) >= 11 is 0. The van der Waals surface area contributed by atoms with E-state index < -0.39 is 5.91 Å². The number of carbonyl (C=O) groups is 1. The van der Waals surface area contributed by atoms with Gasteiger partial charge in [0, 0.05) is 30.4 Å². The van der Waals surface area contributed by atoms with Crippen LogP contribution in [-0.4, -0.2) is 29.1 Å². The Labute approximate surface area is 217 Å². The highest BCUT2D eigenvalue weighted by Gasteiger charge is 2.15. The Morgan fingerprint density at radius 3 is 2.51 bits per heavy atom. The summed E-state index contributed by atoms with van der Waals surface area (Å²) in [5, 5.41) is 9.18. The van der Waals surface area contributed by atoms with E-state index in [0.29, 0.717) is 16.9 Å². The van der Waals surface area contributed by atoms with Gasteiger partial charge in [0.1, 0.15) is 11.6 Å². The number of imidazole rings is 1. The van der Waals surface area contributed by atoms with Gasteiger partial charge in [-0.1, -0.05) is 30.3 Å². The maximum atomic E-state index is 11.9. The van der Waals surface area contributed by atoms with Crippen LogP contribution in [0.4, 0.5) is 5.69 Å². The molecule has 0 fully saturated rings. The molecule has 37 heavy (non-hydrogen) atoms. The first-order valence-electron chi connectivity index (χ1n) is 12.2. The Morgan fingerprint density at radius 2 is 1.86 bits per heavy atom. The number of benzene rings is 3. The fourth-order valence-electron chi connectivity index (χ4n) is 4.46. The van der Waals surface area contributed by atoms with Crippen molar-refractivity contribution >= 4 is 11.6 Å². The second kappa shape index (κ2) is 11.4. The van der Waals surface area contributed by atoms with Crippen LogP contribution in [0.5, 0.6) is 5.75 Å². The summed E-state index contributed by atoms with van der Waals surface area (Å²) in [6.45, 7) is 3.54. The topological polar surface area (TPSA) is 97.2 Å². The highest BCUT2D eigenvalue weighted by atomic mass is 16.5. The monoisotopic (exact) mass is 493 g/mol. The molecule has 4 aromatic rings. The average Bonchev–Trinajstić information content (AvgIpc) is 3.24. The molecule has 0 saturated heterocycles. The molecule has 0 bridgehead atoms. The number of hydrogen-bond donors (Lipinski definition) is 1. The zero-order valence-electron chi connectivity index (χ0n) is 21.4. The highest BCUT2D eigenvalue weighted by molar-refractivity contribution is 6.00. The molecule has 7 heteroatoms. The van der Waals surface area contributed by atoms with Gasteiger partial charge in [0.05, 0.1) is 37.2 Å². The molecule has 0 aliphatic carbocycles. The van der Waals surface area contributed by atoms with E-state index >= 15 is 0 Å². The molecule has 0 radical (unpaired) electrons. The van der Waals surface area contributed by atoms with Crippen molar-refractivity contribution in [1.82, 2.24) is 9.55 Å². The van der Waals surface area contributed by atoms with Crippen LogP contribution in [-0.2, 0) is 20.0 Å². The van der Waals surface area contributed by atoms with Gasteiger partial charge in [-0.15, -0.1) is 0 Å². The van der Waals surface area contributed by atoms with Crippen molar-refractivity contribution in [3.05, 3.63) is 101 Å². The van der Waals surface area contributed by atoms with E-state index in [1.807, 2.05) is 68.7 Å². The molecule has 0 aliphatic rings. The van der Waals surface area contributed by atoms with Gasteiger partial charge in [0.25, 0.3) is 0 Å². The lowest BCUT2D eigenvalue weighted by molar-refractivity contribution is 0.100. The molecule has 188 valence electrons. The van der Waals surface area contributed by atoms with Crippen LogP contribution in [0.25, 0.3) is 11.1 Å². The fraction of sp³-hybridized carbons (Fsp3) is 0.233. The van der Waals surface area contributed by atoms with Crippen molar-refractivity contribution in [2.75, 3.05) is 18.6 Å². The minimum atomic E-state index is -0.465. The van der Waals surface area contributed by atoms with Gasteiger partial charge in [-0.25, -0.2) is 4.98 Å². The lowest BCUT2D eigenvalue weighted by atomic mass is 9.96. The quantitative estimate of drug-likeness (QED) is 0.335. The molecule has 0 saturated carbocycles. The third-order valence-corrected chi connectivity index (χ3v) is 6.67. The number of anilines is 1. The SMILES string of the molecule is COc1cc(CCCN(Cc2cnc(C)n2C)c2ccc(C#N)cc2)ccc1-c1ccccc1C(N)=O. The van der Waals surface area contributed by atoms with Gasteiger partial charge in [-0.3, -0.25) is 4.79 Å². The van der Waals surface area contributed by atoms with E-state index in [4.69, 9.17) is 10.5 Å². The minimum Gasteiger partial charge on any atom is -0.496 e. The molecular weight excluding hydrogens is 462 g/mol. The smallest absolute Gasteiger partial charge is 0.249 e. The Hall–Kier alpha value is -4.57. The Morgan fingerprint density at radius 1 is 1.11 bits per heavy atom. The number of ether oxygens (including phenoxy) is 1. The summed E-state index contributed by atoms with van der Waals surface area (Å²) in [5.74, 6) is 1.22. The third kappa shape index (κ3) is 5.81. The van der Waals surface area contributed by atoms with E-state index in [-0.39, 0.29) is 0 Å². The fourth-order valence-corrected chi connectivity index (χ4v) is 4.46. The predicted octanol–water partition coefficient (Wildman–Crippen LogP) is 5.01. The lowest BCUT2D eigenvalue weighted by Gasteiger charge is -2.25.